The smallest absolute Gasteiger partial charge is 0.438 e. The Hall–Kier alpha value is -0.860. The molecule has 0 aromatic heterocycles. The van der Waals surface area contributed by atoms with E-state index in [1.807, 2.05) is 0 Å². The zero-order chi connectivity index (χ0) is 10.3. The molecular formula is C5H10O7S. The molecule has 8 heteroatoms. The first-order chi connectivity index (χ1) is 5.95. The SMILES string of the molecule is COC(=O)OCCCOS(=O)(=O)O. The Morgan fingerprint density at radius 2 is 2.00 bits per heavy atom. The lowest BCUT2D eigenvalue weighted by Gasteiger charge is -2.01. The molecule has 0 saturated heterocycles. The van der Waals surface area contributed by atoms with Crippen LogP contribution >= 0.6 is 0 Å². The van der Waals surface area contributed by atoms with Crippen molar-refractivity contribution in [3.63, 3.8) is 0 Å². The second-order valence-corrected chi connectivity index (χ2v) is 3.00. The van der Waals surface area contributed by atoms with E-state index in [0.717, 1.165) is 7.11 Å². The van der Waals surface area contributed by atoms with Gasteiger partial charge in [0.2, 0.25) is 0 Å². The fourth-order valence-electron chi connectivity index (χ4n) is 0.438. The third kappa shape index (κ3) is 9.05. The molecule has 0 heterocycles. The fraction of sp³-hybridized carbons (Fsp3) is 0.800. The van der Waals surface area contributed by atoms with Crippen LogP contribution in [0.1, 0.15) is 6.42 Å². The summed E-state index contributed by atoms with van der Waals surface area (Å²) in [7, 11) is -3.25. The molecule has 0 radical (unpaired) electrons. The van der Waals surface area contributed by atoms with Gasteiger partial charge in [0.1, 0.15) is 0 Å². The van der Waals surface area contributed by atoms with Crippen molar-refractivity contribution in [2.24, 2.45) is 0 Å². The Balaban J connectivity index is 3.33. The zero-order valence-electron chi connectivity index (χ0n) is 6.93. The number of ether oxygens (including phenoxy) is 2. The molecule has 0 amide bonds. The third-order valence-electron chi connectivity index (χ3n) is 0.908. The average Bonchev–Trinajstić information content (AvgIpc) is 2.01. The summed E-state index contributed by atoms with van der Waals surface area (Å²) in [6, 6.07) is 0. The summed E-state index contributed by atoms with van der Waals surface area (Å²) in [6.07, 6.45) is -0.707. The Kier molecular flexibility index (Phi) is 5.35. The molecule has 0 bridgehead atoms. The Bertz CT molecular complexity index is 244. The van der Waals surface area contributed by atoms with Crippen LogP contribution < -0.4 is 0 Å². The van der Waals surface area contributed by atoms with Crippen molar-refractivity contribution in [2.45, 2.75) is 6.42 Å². The van der Waals surface area contributed by atoms with Gasteiger partial charge in [-0.15, -0.1) is 0 Å². The third-order valence-corrected chi connectivity index (χ3v) is 1.37. The highest BCUT2D eigenvalue weighted by molar-refractivity contribution is 7.80. The summed E-state index contributed by atoms with van der Waals surface area (Å²) in [5.74, 6) is 0. The van der Waals surface area contributed by atoms with Crippen LogP contribution in [0.5, 0.6) is 0 Å². The lowest BCUT2D eigenvalue weighted by Crippen LogP contribution is -2.10. The molecule has 0 spiro atoms. The topological polar surface area (TPSA) is 99.1 Å². The lowest BCUT2D eigenvalue weighted by atomic mass is 10.5. The highest BCUT2D eigenvalue weighted by atomic mass is 32.3. The van der Waals surface area contributed by atoms with E-state index < -0.39 is 16.6 Å². The van der Waals surface area contributed by atoms with E-state index >= 15 is 0 Å². The van der Waals surface area contributed by atoms with E-state index in [2.05, 4.69) is 13.7 Å². The first kappa shape index (κ1) is 12.1. The molecule has 0 aliphatic heterocycles. The number of methoxy groups -OCH3 is 1. The second-order valence-electron chi connectivity index (χ2n) is 1.91. The van der Waals surface area contributed by atoms with Crippen LogP contribution in [-0.2, 0) is 24.1 Å². The molecule has 0 aromatic rings. The maximum Gasteiger partial charge on any atom is 0.507 e. The second kappa shape index (κ2) is 5.73. The van der Waals surface area contributed by atoms with Crippen molar-refractivity contribution in [2.75, 3.05) is 20.3 Å². The number of carbonyl (C=O) groups excluding carboxylic acids is 1. The summed E-state index contributed by atoms with van der Waals surface area (Å²) in [5, 5.41) is 0. The first-order valence-corrected chi connectivity index (χ1v) is 4.65. The predicted molar refractivity (Wildman–Crippen MR) is 40.5 cm³/mol. The van der Waals surface area contributed by atoms with Gasteiger partial charge in [-0.3, -0.25) is 4.55 Å². The standard InChI is InChI=1S/C5H10O7S/c1-10-5(6)11-3-2-4-12-13(7,8)9/h2-4H2,1H3,(H,7,8,9). The molecule has 1 N–H and O–H groups in total. The summed E-state index contributed by atoms with van der Waals surface area (Å²) >= 11 is 0. The number of rotatable bonds is 5. The molecule has 0 aliphatic rings. The Morgan fingerprint density at radius 3 is 2.46 bits per heavy atom. The lowest BCUT2D eigenvalue weighted by molar-refractivity contribution is 0.0686. The molecule has 0 saturated carbocycles. The van der Waals surface area contributed by atoms with E-state index in [1.54, 1.807) is 0 Å². The summed E-state index contributed by atoms with van der Waals surface area (Å²) < 4.78 is 40.5. The molecular weight excluding hydrogens is 204 g/mol. The minimum absolute atomic E-state index is 0.0395. The molecule has 78 valence electrons. The van der Waals surface area contributed by atoms with Crippen LogP contribution in [0.3, 0.4) is 0 Å². The summed E-state index contributed by atoms with van der Waals surface area (Å²) in [6.45, 7) is -0.294. The van der Waals surface area contributed by atoms with Crippen LogP contribution in [0.25, 0.3) is 0 Å². The van der Waals surface area contributed by atoms with Gasteiger partial charge in [-0.05, 0) is 0 Å². The highest BCUT2D eigenvalue weighted by Gasteiger charge is 2.04. The van der Waals surface area contributed by atoms with Gasteiger partial charge in [0.15, 0.2) is 0 Å². The van der Waals surface area contributed by atoms with Gasteiger partial charge in [-0.2, -0.15) is 8.42 Å². The van der Waals surface area contributed by atoms with E-state index in [1.165, 1.54) is 0 Å². The van der Waals surface area contributed by atoms with Gasteiger partial charge in [-0.25, -0.2) is 8.98 Å². The van der Waals surface area contributed by atoms with Crippen LogP contribution in [0, 0.1) is 0 Å². The van der Waals surface area contributed by atoms with E-state index in [0.29, 0.717) is 0 Å². The number of carbonyl (C=O) groups is 1. The molecule has 0 aromatic carbocycles. The van der Waals surface area contributed by atoms with Crippen LogP contribution in [0.2, 0.25) is 0 Å². The van der Waals surface area contributed by atoms with Crippen molar-refractivity contribution in [3.8, 4) is 0 Å². The predicted octanol–water partition coefficient (Wildman–Crippen LogP) is -0.0211. The largest absolute Gasteiger partial charge is 0.507 e. The van der Waals surface area contributed by atoms with Crippen molar-refractivity contribution in [3.05, 3.63) is 0 Å². The van der Waals surface area contributed by atoms with Crippen LogP contribution in [-0.4, -0.2) is 39.4 Å². The monoisotopic (exact) mass is 214 g/mol. The summed E-state index contributed by atoms with van der Waals surface area (Å²) in [4.78, 5) is 10.3. The minimum Gasteiger partial charge on any atom is -0.438 e. The number of hydrogen-bond acceptors (Lipinski definition) is 6. The van der Waals surface area contributed by atoms with Gasteiger partial charge in [0, 0.05) is 6.42 Å². The molecule has 7 nitrogen and oxygen atoms in total. The molecule has 0 atom stereocenters. The van der Waals surface area contributed by atoms with E-state index in [4.69, 9.17) is 4.55 Å². The normalized spacial score (nSPS) is 10.9. The van der Waals surface area contributed by atoms with Crippen molar-refractivity contribution in [1.29, 1.82) is 0 Å². The molecule has 13 heavy (non-hydrogen) atoms. The van der Waals surface area contributed by atoms with Gasteiger partial charge in [0.05, 0.1) is 20.3 Å². The Labute approximate surface area is 75.5 Å². The van der Waals surface area contributed by atoms with Gasteiger partial charge < -0.3 is 9.47 Å². The number of hydrogen-bond donors (Lipinski definition) is 1. The highest BCUT2D eigenvalue weighted by Crippen LogP contribution is 1.91. The molecule has 0 fully saturated rings. The maximum absolute atomic E-state index is 10.3. The zero-order valence-corrected chi connectivity index (χ0v) is 7.74. The van der Waals surface area contributed by atoms with Gasteiger partial charge in [0.25, 0.3) is 0 Å². The average molecular weight is 214 g/mol. The molecule has 0 unspecified atom stereocenters. The Morgan fingerprint density at radius 1 is 1.38 bits per heavy atom. The minimum atomic E-state index is -4.40. The quantitative estimate of drug-likeness (QED) is 0.390. The van der Waals surface area contributed by atoms with Crippen molar-refractivity contribution >= 4 is 16.6 Å². The van der Waals surface area contributed by atoms with Crippen LogP contribution in [0.15, 0.2) is 0 Å². The summed E-state index contributed by atoms with van der Waals surface area (Å²) in [5.41, 5.74) is 0. The van der Waals surface area contributed by atoms with E-state index in [9.17, 15) is 13.2 Å². The van der Waals surface area contributed by atoms with E-state index in [-0.39, 0.29) is 19.6 Å². The fourth-order valence-corrected chi connectivity index (χ4v) is 0.766. The maximum atomic E-state index is 10.3. The van der Waals surface area contributed by atoms with Crippen molar-refractivity contribution in [1.82, 2.24) is 0 Å². The van der Waals surface area contributed by atoms with Gasteiger partial charge in [-0.1, -0.05) is 0 Å². The van der Waals surface area contributed by atoms with Crippen molar-refractivity contribution < 1.29 is 31.4 Å². The molecule has 0 aliphatic carbocycles. The van der Waals surface area contributed by atoms with Crippen LogP contribution in [0.4, 0.5) is 4.79 Å². The first-order valence-electron chi connectivity index (χ1n) is 3.28. The molecule has 0 rings (SSSR count). The van der Waals surface area contributed by atoms with Gasteiger partial charge >= 0.3 is 16.6 Å².